The van der Waals surface area contributed by atoms with E-state index in [1.54, 1.807) is 19.2 Å². The van der Waals surface area contributed by atoms with Crippen LogP contribution < -0.4 is 5.32 Å². The van der Waals surface area contributed by atoms with Gasteiger partial charge in [0.15, 0.2) is 5.82 Å². The van der Waals surface area contributed by atoms with Gasteiger partial charge in [-0.25, -0.2) is 9.97 Å². The zero-order valence-corrected chi connectivity index (χ0v) is 18.1. The molecule has 8 nitrogen and oxygen atoms in total. The van der Waals surface area contributed by atoms with Crippen molar-refractivity contribution in [2.45, 2.75) is 32.0 Å². The topological polar surface area (TPSA) is 88.8 Å². The fourth-order valence-electron chi connectivity index (χ4n) is 3.08. The number of hydrogen-bond donors (Lipinski definition) is 1. The molecule has 0 aromatic carbocycles. The van der Waals surface area contributed by atoms with E-state index in [4.69, 9.17) is 11.6 Å². The number of nitrogens with zero attached hydrogens (tertiary/aromatic N) is 6. The minimum absolute atomic E-state index is 0.0811. The quantitative estimate of drug-likeness (QED) is 0.537. The van der Waals surface area contributed by atoms with E-state index < -0.39 is 17.6 Å². The Hall–Kier alpha value is -3.21. The first-order valence-electron chi connectivity index (χ1n) is 9.77. The summed E-state index contributed by atoms with van der Waals surface area (Å²) in [6, 6.07) is 3.84. The Balaban J connectivity index is 1.89. The first kappa shape index (κ1) is 23.5. The third-order valence-corrected chi connectivity index (χ3v) is 4.99. The van der Waals surface area contributed by atoms with Crippen LogP contribution in [0.4, 0.5) is 19.0 Å². The highest BCUT2D eigenvalue weighted by molar-refractivity contribution is 6.30. The summed E-state index contributed by atoms with van der Waals surface area (Å²) < 4.78 is 39.9. The van der Waals surface area contributed by atoms with Crippen molar-refractivity contribution in [2.75, 3.05) is 18.9 Å². The van der Waals surface area contributed by atoms with Crippen molar-refractivity contribution in [1.82, 2.24) is 29.9 Å². The maximum absolute atomic E-state index is 13.3. The van der Waals surface area contributed by atoms with E-state index in [1.165, 1.54) is 23.5 Å². The summed E-state index contributed by atoms with van der Waals surface area (Å²) >= 11 is 5.84. The fourth-order valence-corrected chi connectivity index (χ4v) is 3.19. The number of halogens is 4. The molecule has 32 heavy (non-hydrogen) atoms. The molecule has 0 aliphatic rings. The van der Waals surface area contributed by atoms with Gasteiger partial charge in [0, 0.05) is 32.0 Å². The SMILES string of the molecule is CCC[C@@H](CNc1ccc(Cl)cn1)N(C)C(=O)c1cc(C(F)(F)F)cnc1-n1nccn1. The standard InChI is InChI=1S/C20H21ClF3N7O/c1-3-4-15(12-26-17-6-5-14(21)11-25-17)30(2)19(32)16-9-13(20(22,23)24)10-27-18(16)31-28-7-8-29-31/h5-11,15H,3-4,12H2,1-2H3,(H,25,26)/t15-/m0/s1. The van der Waals surface area contributed by atoms with E-state index >= 15 is 0 Å². The number of carbonyl (C=O) groups excluding carboxylic acids is 1. The number of hydrogen-bond acceptors (Lipinski definition) is 6. The molecule has 0 bridgehead atoms. The molecule has 0 aliphatic carbocycles. The zero-order valence-electron chi connectivity index (χ0n) is 17.3. The molecule has 3 rings (SSSR count). The Morgan fingerprint density at radius 1 is 1.22 bits per heavy atom. The zero-order chi connectivity index (χ0) is 23.3. The number of amides is 1. The Morgan fingerprint density at radius 2 is 1.94 bits per heavy atom. The maximum atomic E-state index is 13.3. The summed E-state index contributed by atoms with van der Waals surface area (Å²) in [6.07, 6.45) is 1.57. The van der Waals surface area contributed by atoms with Gasteiger partial charge in [0.05, 0.1) is 28.5 Å². The van der Waals surface area contributed by atoms with Gasteiger partial charge in [-0.05, 0) is 24.6 Å². The smallest absolute Gasteiger partial charge is 0.368 e. The van der Waals surface area contributed by atoms with Crippen molar-refractivity contribution in [3.63, 3.8) is 0 Å². The van der Waals surface area contributed by atoms with Gasteiger partial charge in [0.2, 0.25) is 0 Å². The predicted octanol–water partition coefficient (Wildman–Crippen LogP) is 4.08. The van der Waals surface area contributed by atoms with Crippen molar-refractivity contribution in [3.8, 4) is 5.82 Å². The van der Waals surface area contributed by atoms with Crippen LogP contribution in [-0.4, -0.2) is 55.4 Å². The lowest BCUT2D eigenvalue weighted by molar-refractivity contribution is -0.137. The maximum Gasteiger partial charge on any atom is 0.417 e. The van der Waals surface area contributed by atoms with Gasteiger partial charge < -0.3 is 10.2 Å². The lowest BCUT2D eigenvalue weighted by Gasteiger charge is -2.29. The molecule has 0 radical (unpaired) electrons. The first-order chi connectivity index (χ1) is 15.2. The molecule has 170 valence electrons. The van der Waals surface area contributed by atoms with Gasteiger partial charge in [-0.1, -0.05) is 24.9 Å². The molecule has 0 spiro atoms. The summed E-state index contributed by atoms with van der Waals surface area (Å²) in [5.74, 6) is -0.138. The second-order valence-electron chi connectivity index (χ2n) is 7.01. The number of likely N-dealkylation sites (N-methyl/N-ethyl adjacent to an activating group) is 1. The van der Waals surface area contributed by atoms with Crippen molar-refractivity contribution in [2.24, 2.45) is 0 Å². The average Bonchev–Trinajstić information content (AvgIpc) is 3.30. The van der Waals surface area contributed by atoms with Crippen LogP contribution in [0.5, 0.6) is 0 Å². The van der Waals surface area contributed by atoms with Crippen molar-refractivity contribution >= 4 is 23.3 Å². The average molecular weight is 468 g/mol. The van der Waals surface area contributed by atoms with Crippen LogP contribution in [0.2, 0.25) is 5.02 Å². The molecule has 0 saturated heterocycles. The molecule has 3 heterocycles. The van der Waals surface area contributed by atoms with Crippen molar-refractivity contribution in [3.05, 3.63) is 59.1 Å². The van der Waals surface area contributed by atoms with Crippen LogP contribution >= 0.6 is 11.6 Å². The number of rotatable bonds is 8. The van der Waals surface area contributed by atoms with Crippen molar-refractivity contribution < 1.29 is 18.0 Å². The van der Waals surface area contributed by atoms with E-state index in [1.807, 2.05) is 6.92 Å². The molecule has 3 aromatic rings. The molecule has 1 N–H and O–H groups in total. The summed E-state index contributed by atoms with van der Waals surface area (Å²) in [6.45, 7) is 2.29. The van der Waals surface area contributed by atoms with Crippen LogP contribution in [0, 0.1) is 0 Å². The van der Waals surface area contributed by atoms with Gasteiger partial charge >= 0.3 is 6.18 Å². The van der Waals surface area contributed by atoms with E-state index in [9.17, 15) is 18.0 Å². The number of carbonyl (C=O) groups is 1. The van der Waals surface area contributed by atoms with Gasteiger partial charge in [-0.3, -0.25) is 4.79 Å². The van der Waals surface area contributed by atoms with Gasteiger partial charge in [0.1, 0.15) is 5.82 Å². The van der Waals surface area contributed by atoms with E-state index in [2.05, 4.69) is 25.5 Å². The number of nitrogens with one attached hydrogen (secondary N) is 1. The molecule has 0 saturated carbocycles. The second-order valence-corrected chi connectivity index (χ2v) is 7.45. The van der Waals surface area contributed by atoms with E-state index in [0.29, 0.717) is 30.0 Å². The molecule has 1 amide bonds. The van der Waals surface area contributed by atoms with Gasteiger partial charge in [-0.15, -0.1) is 4.80 Å². The summed E-state index contributed by atoms with van der Waals surface area (Å²) in [5, 5.41) is 11.4. The first-order valence-corrected chi connectivity index (χ1v) is 10.1. The van der Waals surface area contributed by atoms with Crippen LogP contribution in [0.1, 0.15) is 35.7 Å². The van der Waals surface area contributed by atoms with Crippen LogP contribution in [0.15, 0.2) is 43.0 Å². The molecule has 3 aromatic heterocycles. The minimum Gasteiger partial charge on any atom is -0.368 e. The molecular weight excluding hydrogens is 447 g/mol. The number of aromatic nitrogens is 5. The Labute approximate surface area is 187 Å². The van der Waals surface area contributed by atoms with Crippen molar-refractivity contribution in [1.29, 1.82) is 0 Å². The van der Waals surface area contributed by atoms with E-state index in [0.717, 1.165) is 17.3 Å². The number of pyridine rings is 2. The lowest BCUT2D eigenvalue weighted by atomic mass is 10.1. The summed E-state index contributed by atoms with van der Waals surface area (Å²) in [5.41, 5.74) is -1.27. The van der Waals surface area contributed by atoms with Crippen LogP contribution in [-0.2, 0) is 6.18 Å². The molecule has 0 aliphatic heterocycles. The molecule has 0 unspecified atom stereocenters. The predicted molar refractivity (Wildman–Crippen MR) is 113 cm³/mol. The third kappa shape index (κ3) is 5.52. The largest absolute Gasteiger partial charge is 0.417 e. The highest BCUT2D eigenvalue weighted by Crippen LogP contribution is 2.30. The fraction of sp³-hybridized carbons (Fsp3) is 0.350. The Morgan fingerprint density at radius 3 is 2.53 bits per heavy atom. The highest BCUT2D eigenvalue weighted by atomic mass is 35.5. The van der Waals surface area contributed by atoms with Gasteiger partial charge in [0.25, 0.3) is 5.91 Å². The lowest BCUT2D eigenvalue weighted by Crippen LogP contribution is -2.42. The normalized spacial score (nSPS) is 12.4. The summed E-state index contributed by atoms with van der Waals surface area (Å²) in [7, 11) is 1.54. The second kappa shape index (κ2) is 9.94. The monoisotopic (exact) mass is 467 g/mol. The Bertz CT molecular complexity index is 1040. The third-order valence-electron chi connectivity index (χ3n) is 4.77. The molecule has 0 fully saturated rings. The summed E-state index contributed by atoms with van der Waals surface area (Å²) in [4.78, 5) is 23.7. The number of anilines is 1. The van der Waals surface area contributed by atoms with Gasteiger partial charge in [-0.2, -0.15) is 23.4 Å². The molecule has 12 heteroatoms. The number of alkyl halides is 3. The Kier molecular flexibility index (Phi) is 7.29. The minimum atomic E-state index is -4.65. The van der Waals surface area contributed by atoms with Crippen LogP contribution in [0.3, 0.4) is 0 Å². The molecular formula is C20H21ClF3N7O. The van der Waals surface area contributed by atoms with E-state index in [-0.39, 0.29) is 17.4 Å². The highest BCUT2D eigenvalue weighted by Gasteiger charge is 2.34. The molecule has 1 atom stereocenters. The van der Waals surface area contributed by atoms with Crippen LogP contribution in [0.25, 0.3) is 5.82 Å².